The zero-order chi connectivity index (χ0) is 13.8. The first-order valence-corrected chi connectivity index (χ1v) is 7.29. The van der Waals surface area contributed by atoms with Gasteiger partial charge in [0.05, 0.1) is 0 Å². The molecule has 1 atom stereocenters. The Balaban J connectivity index is 1.85. The van der Waals surface area contributed by atoms with Gasteiger partial charge in [0.15, 0.2) is 0 Å². The Morgan fingerprint density at radius 1 is 1.32 bits per heavy atom. The number of nitrogens with zero attached hydrogens (tertiary/aromatic N) is 1. The van der Waals surface area contributed by atoms with E-state index in [1.807, 2.05) is 12.1 Å². The number of nitrogens with two attached hydrogens (primary N) is 1. The van der Waals surface area contributed by atoms with E-state index in [0.717, 1.165) is 38.0 Å². The number of benzene rings is 1. The Morgan fingerprint density at radius 3 is 2.58 bits per heavy atom. The van der Waals surface area contributed by atoms with Gasteiger partial charge in [0.2, 0.25) is 0 Å². The molecule has 19 heavy (non-hydrogen) atoms. The van der Waals surface area contributed by atoms with Gasteiger partial charge in [-0.25, -0.2) is 4.39 Å². The highest BCUT2D eigenvalue weighted by Gasteiger charge is 2.22. The highest BCUT2D eigenvalue weighted by Crippen LogP contribution is 2.28. The number of rotatable bonds is 4. The summed E-state index contributed by atoms with van der Waals surface area (Å²) in [5.41, 5.74) is 7.27. The molecule has 0 unspecified atom stereocenters. The lowest BCUT2D eigenvalue weighted by molar-refractivity contribution is 0.189. The number of halogens is 1. The second kappa shape index (κ2) is 6.49. The molecule has 0 spiro atoms. The minimum absolute atomic E-state index is 0.123. The van der Waals surface area contributed by atoms with Crippen molar-refractivity contribution in [3.8, 4) is 0 Å². The first kappa shape index (κ1) is 14.5. The second-order valence-corrected chi connectivity index (χ2v) is 6.04. The van der Waals surface area contributed by atoms with Crippen molar-refractivity contribution >= 4 is 0 Å². The smallest absolute Gasteiger partial charge is 0.123 e. The summed E-state index contributed by atoms with van der Waals surface area (Å²) in [5.74, 6) is 0.907. The monoisotopic (exact) mass is 264 g/mol. The average molecular weight is 264 g/mol. The van der Waals surface area contributed by atoms with E-state index in [2.05, 4.69) is 18.7 Å². The molecular weight excluding hydrogens is 239 g/mol. The summed E-state index contributed by atoms with van der Waals surface area (Å²) in [6, 6.07) is 7.31. The lowest BCUT2D eigenvalue weighted by Gasteiger charge is -2.34. The van der Waals surface area contributed by atoms with Gasteiger partial charge in [-0.3, -0.25) is 0 Å². The highest BCUT2D eigenvalue weighted by atomic mass is 19.1. The van der Waals surface area contributed by atoms with Gasteiger partial charge in [-0.1, -0.05) is 26.0 Å². The molecule has 1 aliphatic rings. The third kappa shape index (κ3) is 4.02. The zero-order valence-electron chi connectivity index (χ0n) is 12.0. The summed E-state index contributed by atoms with van der Waals surface area (Å²) in [4.78, 5) is 2.44. The predicted octanol–water partition coefficient (Wildman–Crippen LogP) is 2.99. The summed E-state index contributed by atoms with van der Waals surface area (Å²) in [6.45, 7) is 7.46. The first-order chi connectivity index (χ1) is 9.06. The van der Waals surface area contributed by atoms with Crippen molar-refractivity contribution in [2.75, 3.05) is 19.6 Å². The molecule has 1 fully saturated rings. The first-order valence-electron chi connectivity index (χ1n) is 7.29. The van der Waals surface area contributed by atoms with Crippen LogP contribution in [0.4, 0.5) is 4.39 Å². The number of hydrogen-bond donors (Lipinski definition) is 1. The lowest BCUT2D eigenvalue weighted by Crippen LogP contribution is -2.43. The molecule has 106 valence electrons. The highest BCUT2D eigenvalue weighted by molar-refractivity contribution is 5.21. The quantitative estimate of drug-likeness (QED) is 0.906. The SMILES string of the molecule is CC(C)[C@H](N)CN1CCC(c2cccc(F)c2)CC1. The average Bonchev–Trinajstić information content (AvgIpc) is 2.39. The van der Waals surface area contributed by atoms with Crippen molar-refractivity contribution in [2.24, 2.45) is 11.7 Å². The second-order valence-electron chi connectivity index (χ2n) is 6.04. The maximum Gasteiger partial charge on any atom is 0.123 e. The molecule has 1 aromatic carbocycles. The van der Waals surface area contributed by atoms with Crippen LogP contribution in [0.25, 0.3) is 0 Å². The van der Waals surface area contributed by atoms with E-state index in [1.165, 1.54) is 6.07 Å². The van der Waals surface area contributed by atoms with Gasteiger partial charge in [-0.15, -0.1) is 0 Å². The Morgan fingerprint density at radius 2 is 2.00 bits per heavy atom. The molecule has 1 aliphatic heterocycles. The van der Waals surface area contributed by atoms with Crippen LogP contribution in [-0.2, 0) is 0 Å². The molecular formula is C16H25FN2. The van der Waals surface area contributed by atoms with Crippen molar-refractivity contribution in [1.82, 2.24) is 4.90 Å². The van der Waals surface area contributed by atoms with Crippen molar-refractivity contribution in [1.29, 1.82) is 0 Å². The molecule has 1 heterocycles. The molecule has 3 heteroatoms. The molecule has 0 saturated carbocycles. The fourth-order valence-corrected chi connectivity index (χ4v) is 2.72. The summed E-state index contributed by atoms with van der Waals surface area (Å²) in [6.07, 6.45) is 2.21. The molecule has 0 aromatic heterocycles. The predicted molar refractivity (Wildman–Crippen MR) is 77.6 cm³/mol. The minimum Gasteiger partial charge on any atom is -0.326 e. The summed E-state index contributed by atoms with van der Waals surface area (Å²) < 4.78 is 13.2. The van der Waals surface area contributed by atoms with Crippen molar-refractivity contribution in [3.63, 3.8) is 0 Å². The Labute approximate surface area is 115 Å². The Kier molecular flexibility index (Phi) is 4.94. The van der Waals surface area contributed by atoms with Crippen LogP contribution in [0.5, 0.6) is 0 Å². The number of piperidine rings is 1. The molecule has 2 nitrogen and oxygen atoms in total. The van der Waals surface area contributed by atoms with Crippen molar-refractivity contribution < 1.29 is 4.39 Å². The van der Waals surface area contributed by atoms with Gasteiger partial charge in [0.1, 0.15) is 5.82 Å². The van der Waals surface area contributed by atoms with Gasteiger partial charge in [0, 0.05) is 12.6 Å². The molecule has 2 rings (SSSR count). The van der Waals surface area contributed by atoms with E-state index in [4.69, 9.17) is 5.73 Å². The molecule has 1 saturated heterocycles. The van der Waals surface area contributed by atoms with Crippen LogP contribution in [0.2, 0.25) is 0 Å². The molecule has 0 aliphatic carbocycles. The largest absolute Gasteiger partial charge is 0.326 e. The minimum atomic E-state index is -0.123. The van der Waals surface area contributed by atoms with Crippen LogP contribution >= 0.6 is 0 Å². The van der Waals surface area contributed by atoms with Crippen LogP contribution in [0, 0.1) is 11.7 Å². The van der Waals surface area contributed by atoms with E-state index < -0.39 is 0 Å². The van der Waals surface area contributed by atoms with E-state index in [-0.39, 0.29) is 11.9 Å². The van der Waals surface area contributed by atoms with Crippen LogP contribution in [0.15, 0.2) is 24.3 Å². The fourth-order valence-electron chi connectivity index (χ4n) is 2.72. The normalized spacial score (nSPS) is 19.8. The Hall–Kier alpha value is -0.930. The summed E-state index contributed by atoms with van der Waals surface area (Å²) in [7, 11) is 0. The topological polar surface area (TPSA) is 29.3 Å². The maximum atomic E-state index is 13.2. The van der Waals surface area contributed by atoms with Crippen LogP contribution in [-0.4, -0.2) is 30.6 Å². The van der Waals surface area contributed by atoms with Crippen LogP contribution in [0.1, 0.15) is 38.2 Å². The third-order valence-electron chi connectivity index (χ3n) is 4.23. The molecule has 0 amide bonds. The van der Waals surface area contributed by atoms with Gasteiger partial charge in [0.25, 0.3) is 0 Å². The van der Waals surface area contributed by atoms with Crippen molar-refractivity contribution in [2.45, 2.75) is 38.6 Å². The number of hydrogen-bond acceptors (Lipinski definition) is 2. The molecule has 1 aromatic rings. The van der Waals surface area contributed by atoms with Crippen molar-refractivity contribution in [3.05, 3.63) is 35.6 Å². The Bertz CT molecular complexity index is 397. The van der Waals surface area contributed by atoms with Crippen LogP contribution in [0.3, 0.4) is 0 Å². The maximum absolute atomic E-state index is 13.2. The summed E-state index contributed by atoms with van der Waals surface area (Å²) >= 11 is 0. The molecule has 0 bridgehead atoms. The van der Waals surface area contributed by atoms with E-state index in [9.17, 15) is 4.39 Å². The third-order valence-corrected chi connectivity index (χ3v) is 4.23. The standard InChI is InChI=1S/C16H25FN2/c1-12(2)16(18)11-19-8-6-13(7-9-19)14-4-3-5-15(17)10-14/h3-5,10,12-13,16H,6-9,11,18H2,1-2H3/t16-/m1/s1. The van der Waals surface area contributed by atoms with Gasteiger partial charge < -0.3 is 10.6 Å². The molecule has 0 radical (unpaired) electrons. The summed E-state index contributed by atoms with van der Waals surface area (Å²) in [5, 5.41) is 0. The lowest BCUT2D eigenvalue weighted by atomic mass is 9.89. The fraction of sp³-hybridized carbons (Fsp3) is 0.625. The van der Waals surface area contributed by atoms with E-state index in [1.54, 1.807) is 6.07 Å². The van der Waals surface area contributed by atoms with E-state index in [0.29, 0.717) is 11.8 Å². The molecule has 2 N–H and O–H groups in total. The van der Waals surface area contributed by atoms with Gasteiger partial charge in [-0.2, -0.15) is 0 Å². The number of likely N-dealkylation sites (tertiary alicyclic amines) is 1. The van der Waals surface area contributed by atoms with E-state index >= 15 is 0 Å². The van der Waals surface area contributed by atoms with Gasteiger partial charge >= 0.3 is 0 Å². The zero-order valence-corrected chi connectivity index (χ0v) is 12.0. The van der Waals surface area contributed by atoms with Crippen LogP contribution < -0.4 is 5.73 Å². The van der Waals surface area contributed by atoms with Gasteiger partial charge in [-0.05, 0) is 55.5 Å².